The summed E-state index contributed by atoms with van der Waals surface area (Å²) in [5.41, 5.74) is 1.25. The van der Waals surface area contributed by atoms with Gasteiger partial charge in [0, 0.05) is 32.6 Å². The van der Waals surface area contributed by atoms with Gasteiger partial charge in [0.1, 0.15) is 0 Å². The molecule has 1 unspecified atom stereocenters. The van der Waals surface area contributed by atoms with Gasteiger partial charge < -0.3 is 16.0 Å². The van der Waals surface area contributed by atoms with Crippen LogP contribution in [0.5, 0.6) is 0 Å². The molecule has 0 aromatic heterocycles. The Kier molecular flexibility index (Phi) is 7.24. The van der Waals surface area contributed by atoms with Crippen LogP contribution in [-0.4, -0.2) is 58.0 Å². The number of aliphatic imine (C=N–C) groups is 1. The summed E-state index contributed by atoms with van der Waals surface area (Å²) in [5, 5.41) is 9.06. The van der Waals surface area contributed by atoms with Gasteiger partial charge in [-0.25, -0.2) is 8.42 Å². The molecule has 0 aliphatic carbocycles. The molecule has 1 aliphatic heterocycles. The first-order valence-electron chi connectivity index (χ1n) is 8.47. The molecule has 0 saturated carbocycles. The molecule has 7 nitrogen and oxygen atoms in total. The number of sulfone groups is 1. The SMILES string of the molecule is CN=C(NCCC(=O)NC1CCS(=O)(=O)C1)NCCc1ccccc1. The molecule has 0 radical (unpaired) electrons. The molecule has 25 heavy (non-hydrogen) atoms. The summed E-state index contributed by atoms with van der Waals surface area (Å²) in [6.45, 7) is 1.19. The molecule has 1 atom stereocenters. The summed E-state index contributed by atoms with van der Waals surface area (Å²) >= 11 is 0. The predicted molar refractivity (Wildman–Crippen MR) is 99.3 cm³/mol. The van der Waals surface area contributed by atoms with E-state index < -0.39 is 9.84 Å². The fraction of sp³-hybridized carbons (Fsp3) is 0.529. The number of nitrogens with zero attached hydrogens (tertiary/aromatic N) is 1. The average molecular weight is 366 g/mol. The van der Waals surface area contributed by atoms with Crippen molar-refractivity contribution >= 4 is 21.7 Å². The van der Waals surface area contributed by atoms with Gasteiger partial charge in [-0.05, 0) is 18.4 Å². The molecule has 138 valence electrons. The second-order valence-electron chi connectivity index (χ2n) is 6.08. The van der Waals surface area contributed by atoms with Crippen molar-refractivity contribution in [3.63, 3.8) is 0 Å². The molecule has 1 aliphatic rings. The second-order valence-corrected chi connectivity index (χ2v) is 8.31. The van der Waals surface area contributed by atoms with Crippen LogP contribution < -0.4 is 16.0 Å². The van der Waals surface area contributed by atoms with Crippen molar-refractivity contribution in [1.29, 1.82) is 0 Å². The topological polar surface area (TPSA) is 99.7 Å². The number of carbonyl (C=O) groups excluding carboxylic acids is 1. The monoisotopic (exact) mass is 366 g/mol. The molecule has 3 N–H and O–H groups in total. The third-order valence-electron chi connectivity index (χ3n) is 4.01. The van der Waals surface area contributed by atoms with Crippen LogP contribution in [0.25, 0.3) is 0 Å². The quantitative estimate of drug-likeness (QED) is 0.469. The lowest BCUT2D eigenvalue weighted by atomic mass is 10.1. The van der Waals surface area contributed by atoms with E-state index in [9.17, 15) is 13.2 Å². The van der Waals surface area contributed by atoms with E-state index in [0.29, 0.717) is 18.9 Å². The number of guanidine groups is 1. The minimum atomic E-state index is -2.97. The summed E-state index contributed by atoms with van der Waals surface area (Å²) in [4.78, 5) is 16.0. The predicted octanol–water partition coefficient (Wildman–Crippen LogP) is 0.0875. The Hall–Kier alpha value is -2.09. The van der Waals surface area contributed by atoms with Crippen LogP contribution in [-0.2, 0) is 21.1 Å². The van der Waals surface area contributed by atoms with Crippen LogP contribution >= 0.6 is 0 Å². The smallest absolute Gasteiger partial charge is 0.222 e. The van der Waals surface area contributed by atoms with Crippen molar-refractivity contribution in [2.75, 3.05) is 31.6 Å². The Bertz CT molecular complexity index is 689. The van der Waals surface area contributed by atoms with Gasteiger partial charge in [0.2, 0.25) is 5.91 Å². The molecule has 1 amide bonds. The summed E-state index contributed by atoms with van der Waals surface area (Å²) in [6, 6.07) is 9.91. The molecule has 1 aromatic carbocycles. The fourth-order valence-corrected chi connectivity index (χ4v) is 4.37. The minimum absolute atomic E-state index is 0.0505. The molecule has 1 saturated heterocycles. The third kappa shape index (κ3) is 7.13. The van der Waals surface area contributed by atoms with Gasteiger partial charge in [0.15, 0.2) is 15.8 Å². The summed E-state index contributed by atoms with van der Waals surface area (Å²) in [5.74, 6) is 0.713. The standard InChI is InChI=1S/C17H26N4O3S/c1-18-17(19-10-7-14-5-3-2-4-6-14)20-11-8-16(22)21-15-9-12-25(23,24)13-15/h2-6,15H,7-13H2,1H3,(H,21,22)(H2,18,19,20). The van der Waals surface area contributed by atoms with E-state index in [1.165, 1.54) is 5.56 Å². The Morgan fingerprint density at radius 3 is 2.56 bits per heavy atom. The lowest BCUT2D eigenvalue weighted by molar-refractivity contribution is -0.121. The first kappa shape index (κ1) is 19.2. The highest BCUT2D eigenvalue weighted by Gasteiger charge is 2.28. The first-order valence-corrected chi connectivity index (χ1v) is 10.3. The molecule has 1 aromatic rings. The normalized spacial score (nSPS) is 19.4. The lowest BCUT2D eigenvalue weighted by Gasteiger charge is -2.13. The molecule has 0 bridgehead atoms. The number of nitrogens with one attached hydrogen (secondary N) is 3. The van der Waals surface area contributed by atoms with Crippen molar-refractivity contribution in [3.05, 3.63) is 35.9 Å². The van der Waals surface area contributed by atoms with E-state index >= 15 is 0 Å². The van der Waals surface area contributed by atoms with E-state index in [-0.39, 0.29) is 29.9 Å². The van der Waals surface area contributed by atoms with Crippen molar-refractivity contribution in [2.45, 2.75) is 25.3 Å². The number of amides is 1. The van der Waals surface area contributed by atoms with Crippen LogP contribution in [0.2, 0.25) is 0 Å². The Balaban J connectivity index is 1.61. The zero-order valence-electron chi connectivity index (χ0n) is 14.5. The van der Waals surface area contributed by atoms with Gasteiger partial charge in [-0.3, -0.25) is 9.79 Å². The number of hydrogen-bond donors (Lipinski definition) is 3. The lowest BCUT2D eigenvalue weighted by Crippen LogP contribution is -2.41. The van der Waals surface area contributed by atoms with E-state index in [0.717, 1.165) is 13.0 Å². The molecule has 1 fully saturated rings. The number of benzene rings is 1. The van der Waals surface area contributed by atoms with Crippen LogP contribution in [0, 0.1) is 0 Å². The van der Waals surface area contributed by atoms with Gasteiger partial charge in [-0.1, -0.05) is 30.3 Å². The first-order chi connectivity index (χ1) is 12.0. The van der Waals surface area contributed by atoms with E-state index in [2.05, 4.69) is 33.1 Å². The Morgan fingerprint density at radius 2 is 1.92 bits per heavy atom. The number of hydrogen-bond acceptors (Lipinski definition) is 4. The van der Waals surface area contributed by atoms with Crippen molar-refractivity contribution in [1.82, 2.24) is 16.0 Å². The maximum Gasteiger partial charge on any atom is 0.222 e. The Labute approximate surface area is 149 Å². The highest BCUT2D eigenvalue weighted by Crippen LogP contribution is 2.11. The van der Waals surface area contributed by atoms with E-state index in [1.54, 1.807) is 7.05 Å². The van der Waals surface area contributed by atoms with Gasteiger partial charge in [-0.15, -0.1) is 0 Å². The van der Waals surface area contributed by atoms with Crippen molar-refractivity contribution < 1.29 is 13.2 Å². The minimum Gasteiger partial charge on any atom is -0.356 e. The second kappa shape index (κ2) is 9.41. The number of carbonyl (C=O) groups is 1. The zero-order chi connectivity index (χ0) is 18.1. The number of rotatable bonds is 7. The molecular formula is C17H26N4O3S. The maximum atomic E-state index is 11.9. The van der Waals surface area contributed by atoms with E-state index in [4.69, 9.17) is 0 Å². The Morgan fingerprint density at radius 1 is 1.20 bits per heavy atom. The largest absolute Gasteiger partial charge is 0.356 e. The van der Waals surface area contributed by atoms with Gasteiger partial charge in [0.05, 0.1) is 11.5 Å². The highest BCUT2D eigenvalue weighted by atomic mass is 32.2. The molecule has 1 heterocycles. The summed E-state index contributed by atoms with van der Waals surface area (Å²) in [6.07, 6.45) is 1.67. The summed E-state index contributed by atoms with van der Waals surface area (Å²) in [7, 11) is -1.29. The van der Waals surface area contributed by atoms with Crippen LogP contribution in [0.3, 0.4) is 0 Å². The fourth-order valence-electron chi connectivity index (χ4n) is 2.69. The van der Waals surface area contributed by atoms with Gasteiger partial charge in [-0.2, -0.15) is 0 Å². The molecular weight excluding hydrogens is 340 g/mol. The van der Waals surface area contributed by atoms with Crippen molar-refractivity contribution in [3.8, 4) is 0 Å². The zero-order valence-corrected chi connectivity index (χ0v) is 15.3. The highest BCUT2D eigenvalue weighted by molar-refractivity contribution is 7.91. The van der Waals surface area contributed by atoms with Gasteiger partial charge in [0.25, 0.3) is 0 Å². The van der Waals surface area contributed by atoms with Gasteiger partial charge >= 0.3 is 0 Å². The van der Waals surface area contributed by atoms with E-state index in [1.807, 2.05) is 18.2 Å². The average Bonchev–Trinajstić information content (AvgIpc) is 2.93. The maximum absolute atomic E-state index is 11.9. The van der Waals surface area contributed by atoms with Crippen LogP contribution in [0.4, 0.5) is 0 Å². The molecule has 0 spiro atoms. The van der Waals surface area contributed by atoms with Crippen molar-refractivity contribution in [2.24, 2.45) is 4.99 Å². The van der Waals surface area contributed by atoms with Crippen LogP contribution in [0.15, 0.2) is 35.3 Å². The molecule has 2 rings (SSSR count). The van der Waals surface area contributed by atoms with Crippen LogP contribution in [0.1, 0.15) is 18.4 Å². The summed E-state index contributed by atoms with van der Waals surface area (Å²) < 4.78 is 22.8. The third-order valence-corrected chi connectivity index (χ3v) is 5.78. The molecule has 8 heteroatoms.